The number of hydrogen-bond donors (Lipinski definition) is 1. The van der Waals surface area contributed by atoms with Crippen LogP contribution in [0, 0.1) is 13.8 Å². The Balaban J connectivity index is 1.48. The molecular weight excluding hydrogens is 394 g/mol. The van der Waals surface area contributed by atoms with E-state index in [1.165, 1.54) is 0 Å². The van der Waals surface area contributed by atoms with Gasteiger partial charge in [0, 0.05) is 22.8 Å². The molecule has 0 aromatic heterocycles. The van der Waals surface area contributed by atoms with Gasteiger partial charge in [-0.05, 0) is 31.0 Å². The second-order valence-corrected chi connectivity index (χ2v) is 9.10. The third-order valence-electron chi connectivity index (χ3n) is 4.25. The topological polar surface area (TPSA) is 64.6 Å². The lowest BCUT2D eigenvalue weighted by molar-refractivity contribution is -0.149. The van der Waals surface area contributed by atoms with E-state index in [9.17, 15) is 9.59 Å². The number of hydrogen-bond acceptors (Lipinski definition) is 6. The molecule has 0 radical (unpaired) electrons. The molecule has 1 saturated heterocycles. The van der Waals surface area contributed by atoms with Gasteiger partial charge in [0.25, 0.3) is 5.91 Å². The molecule has 0 saturated carbocycles. The smallest absolute Gasteiger partial charge is 0.344 e. The van der Waals surface area contributed by atoms with Crippen LogP contribution in [-0.4, -0.2) is 36.6 Å². The molecule has 0 spiro atoms. The van der Waals surface area contributed by atoms with Crippen molar-refractivity contribution in [1.82, 2.24) is 0 Å². The summed E-state index contributed by atoms with van der Waals surface area (Å²) in [4.78, 5) is 24.1. The molecule has 1 heterocycles. The van der Waals surface area contributed by atoms with Crippen LogP contribution in [-0.2, 0) is 14.3 Å². The SMILES string of the molecule is Cc1cccc(C)c1NC(=O)COC(=O)COc1ccccc1C1SCCS1. The van der Waals surface area contributed by atoms with Gasteiger partial charge in [0.2, 0.25) is 0 Å². The zero-order valence-corrected chi connectivity index (χ0v) is 17.5. The Bertz CT molecular complexity index is 830. The molecule has 3 rings (SSSR count). The summed E-state index contributed by atoms with van der Waals surface area (Å²) in [6, 6.07) is 13.5. The molecule has 148 valence electrons. The Labute approximate surface area is 173 Å². The molecule has 1 aliphatic rings. The van der Waals surface area contributed by atoms with E-state index < -0.39 is 5.97 Å². The van der Waals surface area contributed by atoms with Crippen molar-refractivity contribution >= 4 is 41.1 Å². The number of nitrogens with one attached hydrogen (secondary N) is 1. The number of para-hydroxylation sites is 2. The summed E-state index contributed by atoms with van der Waals surface area (Å²) in [5.74, 6) is 1.97. The summed E-state index contributed by atoms with van der Waals surface area (Å²) >= 11 is 3.75. The van der Waals surface area contributed by atoms with Gasteiger partial charge in [0.15, 0.2) is 13.2 Å². The largest absolute Gasteiger partial charge is 0.482 e. The Morgan fingerprint density at radius 2 is 1.68 bits per heavy atom. The first kappa shape index (κ1) is 20.6. The predicted octanol–water partition coefficient (Wildman–Crippen LogP) is 4.34. The Morgan fingerprint density at radius 1 is 1.00 bits per heavy atom. The highest BCUT2D eigenvalue weighted by Gasteiger charge is 2.22. The molecule has 7 heteroatoms. The molecule has 1 N–H and O–H groups in total. The van der Waals surface area contributed by atoms with Crippen LogP contribution in [0.1, 0.15) is 21.3 Å². The first-order chi connectivity index (χ1) is 13.5. The van der Waals surface area contributed by atoms with Crippen LogP contribution in [0.3, 0.4) is 0 Å². The average molecular weight is 418 g/mol. The lowest BCUT2D eigenvalue weighted by atomic mass is 10.1. The maximum atomic E-state index is 12.1. The minimum atomic E-state index is -0.571. The third kappa shape index (κ3) is 5.45. The van der Waals surface area contributed by atoms with Crippen LogP contribution in [0.4, 0.5) is 5.69 Å². The van der Waals surface area contributed by atoms with Crippen molar-refractivity contribution in [3.8, 4) is 5.75 Å². The number of esters is 1. The van der Waals surface area contributed by atoms with Gasteiger partial charge >= 0.3 is 5.97 Å². The average Bonchev–Trinajstić information content (AvgIpc) is 3.22. The number of carbonyl (C=O) groups excluding carboxylic acids is 2. The van der Waals surface area contributed by atoms with E-state index in [0.29, 0.717) is 10.3 Å². The van der Waals surface area contributed by atoms with Crippen molar-refractivity contribution in [3.05, 3.63) is 59.2 Å². The summed E-state index contributed by atoms with van der Waals surface area (Å²) in [6.45, 7) is 3.27. The van der Waals surface area contributed by atoms with Gasteiger partial charge < -0.3 is 14.8 Å². The first-order valence-electron chi connectivity index (χ1n) is 9.01. The lowest BCUT2D eigenvalue weighted by Crippen LogP contribution is -2.24. The van der Waals surface area contributed by atoms with Crippen LogP contribution in [0.15, 0.2) is 42.5 Å². The highest BCUT2D eigenvalue weighted by atomic mass is 32.2. The molecule has 5 nitrogen and oxygen atoms in total. The number of rotatable bonds is 7. The molecule has 1 aliphatic heterocycles. The maximum Gasteiger partial charge on any atom is 0.344 e. The number of benzene rings is 2. The molecule has 1 fully saturated rings. The molecule has 0 unspecified atom stereocenters. The van der Waals surface area contributed by atoms with Crippen molar-refractivity contribution in [1.29, 1.82) is 0 Å². The number of thioether (sulfide) groups is 2. The van der Waals surface area contributed by atoms with Crippen molar-refractivity contribution in [2.45, 2.75) is 18.4 Å². The minimum absolute atomic E-state index is 0.226. The summed E-state index contributed by atoms with van der Waals surface area (Å²) in [6.07, 6.45) is 0. The van der Waals surface area contributed by atoms with Gasteiger partial charge in [-0.2, -0.15) is 0 Å². The van der Waals surface area contributed by atoms with E-state index in [1.807, 2.05) is 79.8 Å². The van der Waals surface area contributed by atoms with Crippen LogP contribution >= 0.6 is 23.5 Å². The lowest BCUT2D eigenvalue weighted by Gasteiger charge is -2.15. The molecule has 2 aromatic carbocycles. The fraction of sp³-hybridized carbons (Fsp3) is 0.333. The number of ether oxygens (including phenoxy) is 2. The highest BCUT2D eigenvalue weighted by Crippen LogP contribution is 2.48. The minimum Gasteiger partial charge on any atom is -0.482 e. The number of aryl methyl sites for hydroxylation is 2. The van der Waals surface area contributed by atoms with Crippen molar-refractivity contribution in [3.63, 3.8) is 0 Å². The van der Waals surface area contributed by atoms with Crippen LogP contribution in [0.2, 0.25) is 0 Å². The number of amides is 1. The second kappa shape index (κ2) is 9.89. The van der Waals surface area contributed by atoms with Gasteiger partial charge in [0.05, 0.1) is 4.58 Å². The van der Waals surface area contributed by atoms with E-state index in [1.54, 1.807) is 0 Å². The molecule has 2 aromatic rings. The molecule has 1 amide bonds. The van der Waals surface area contributed by atoms with Crippen LogP contribution in [0.5, 0.6) is 5.75 Å². The van der Waals surface area contributed by atoms with Gasteiger partial charge in [0.1, 0.15) is 5.75 Å². The fourth-order valence-corrected chi connectivity index (χ4v) is 5.76. The van der Waals surface area contributed by atoms with E-state index in [4.69, 9.17) is 9.47 Å². The van der Waals surface area contributed by atoms with E-state index in [-0.39, 0.29) is 19.1 Å². The Morgan fingerprint density at radius 3 is 2.39 bits per heavy atom. The van der Waals surface area contributed by atoms with Crippen LogP contribution < -0.4 is 10.1 Å². The fourth-order valence-electron chi connectivity index (χ4n) is 2.86. The number of carbonyl (C=O) groups is 2. The molecule has 0 atom stereocenters. The maximum absolute atomic E-state index is 12.1. The van der Waals surface area contributed by atoms with Gasteiger partial charge in [-0.25, -0.2) is 4.79 Å². The van der Waals surface area contributed by atoms with E-state index in [2.05, 4.69) is 5.32 Å². The molecular formula is C21H23NO4S2. The first-order valence-corrected chi connectivity index (χ1v) is 11.1. The second-order valence-electron chi connectivity index (χ2n) is 6.38. The van der Waals surface area contributed by atoms with Crippen molar-refractivity contribution in [2.75, 3.05) is 30.0 Å². The highest BCUT2D eigenvalue weighted by molar-refractivity contribution is 8.19. The number of anilines is 1. The van der Waals surface area contributed by atoms with Crippen LogP contribution in [0.25, 0.3) is 0 Å². The molecule has 0 bridgehead atoms. The summed E-state index contributed by atoms with van der Waals surface area (Å²) in [5, 5.41) is 2.79. The molecule has 0 aliphatic carbocycles. The van der Waals surface area contributed by atoms with Gasteiger partial charge in [-0.3, -0.25) is 4.79 Å². The Kier molecular flexibility index (Phi) is 7.28. The summed E-state index contributed by atoms with van der Waals surface area (Å²) in [5.41, 5.74) is 3.75. The molecule has 28 heavy (non-hydrogen) atoms. The summed E-state index contributed by atoms with van der Waals surface area (Å²) in [7, 11) is 0. The third-order valence-corrected chi connectivity index (χ3v) is 7.32. The zero-order valence-electron chi connectivity index (χ0n) is 15.9. The quantitative estimate of drug-likeness (QED) is 0.676. The Hall–Kier alpha value is -2.12. The standard InChI is InChI=1S/C21H23NO4S2/c1-14-6-5-7-15(2)20(14)22-18(23)12-26-19(24)13-25-17-9-4-3-8-16(17)21-27-10-11-28-21/h3-9,21H,10-13H2,1-2H3,(H,22,23). The van der Waals surface area contributed by atoms with Gasteiger partial charge in [-0.1, -0.05) is 36.4 Å². The van der Waals surface area contributed by atoms with Gasteiger partial charge in [-0.15, -0.1) is 23.5 Å². The van der Waals surface area contributed by atoms with E-state index >= 15 is 0 Å². The predicted molar refractivity (Wildman–Crippen MR) is 115 cm³/mol. The van der Waals surface area contributed by atoms with Crippen molar-refractivity contribution in [2.24, 2.45) is 0 Å². The van der Waals surface area contributed by atoms with E-state index in [0.717, 1.165) is 33.9 Å². The monoisotopic (exact) mass is 417 g/mol. The normalized spacial score (nSPS) is 13.9. The zero-order chi connectivity index (χ0) is 19.9. The van der Waals surface area contributed by atoms with Crippen molar-refractivity contribution < 1.29 is 19.1 Å². The summed E-state index contributed by atoms with van der Waals surface area (Å²) < 4.78 is 11.1.